The Kier molecular flexibility index (Phi) is 4.44. The molecule has 1 amide bonds. The molecule has 0 aromatic heterocycles. The van der Waals surface area contributed by atoms with Gasteiger partial charge in [-0.3, -0.25) is 0 Å². The summed E-state index contributed by atoms with van der Waals surface area (Å²) >= 11 is 5.88. The molecule has 1 N–H and O–H groups in total. The summed E-state index contributed by atoms with van der Waals surface area (Å²) in [7, 11) is 0. The normalized spacial score (nSPS) is 23.8. The van der Waals surface area contributed by atoms with Gasteiger partial charge >= 0.3 is 6.09 Å². The maximum Gasteiger partial charge on any atom is 0.410 e. The quantitative estimate of drug-likeness (QED) is 0.836. The van der Waals surface area contributed by atoms with Crippen LogP contribution >= 0.6 is 11.6 Å². The van der Waals surface area contributed by atoms with Crippen molar-refractivity contribution in [3.8, 4) is 0 Å². The third kappa shape index (κ3) is 3.37. The zero-order valence-electron chi connectivity index (χ0n) is 9.96. The van der Waals surface area contributed by atoms with E-state index < -0.39 is 12.2 Å². The van der Waals surface area contributed by atoms with Gasteiger partial charge in [0.15, 0.2) is 0 Å². The van der Waals surface area contributed by atoms with Crippen molar-refractivity contribution in [2.45, 2.75) is 24.5 Å². The number of aliphatic hydroxyl groups is 1. The van der Waals surface area contributed by atoms with Crippen molar-refractivity contribution in [1.29, 1.82) is 0 Å². The predicted molar refractivity (Wildman–Crippen MR) is 68.5 cm³/mol. The van der Waals surface area contributed by atoms with Gasteiger partial charge in [-0.25, -0.2) is 4.79 Å². The SMILES string of the molecule is O=C(OCc1ccccc1)N1CC[C@H](Cl)[C@@H](O)C1. The van der Waals surface area contributed by atoms with Gasteiger partial charge in [-0.15, -0.1) is 11.6 Å². The number of likely N-dealkylation sites (tertiary alicyclic amines) is 1. The molecule has 0 spiro atoms. The molecule has 1 heterocycles. The summed E-state index contributed by atoms with van der Waals surface area (Å²) in [6, 6.07) is 9.49. The van der Waals surface area contributed by atoms with E-state index in [0.29, 0.717) is 13.0 Å². The van der Waals surface area contributed by atoms with Crippen molar-refractivity contribution in [3.05, 3.63) is 35.9 Å². The Balaban J connectivity index is 1.82. The van der Waals surface area contributed by atoms with Gasteiger partial charge in [-0.1, -0.05) is 30.3 Å². The second kappa shape index (κ2) is 6.07. The van der Waals surface area contributed by atoms with E-state index in [1.807, 2.05) is 30.3 Å². The molecule has 0 bridgehead atoms. The van der Waals surface area contributed by atoms with Crippen LogP contribution in [0.1, 0.15) is 12.0 Å². The summed E-state index contributed by atoms with van der Waals surface area (Å²) in [6.07, 6.45) is -0.491. The average Bonchev–Trinajstić information content (AvgIpc) is 2.40. The fourth-order valence-electron chi connectivity index (χ4n) is 1.88. The molecule has 1 aromatic rings. The molecule has 18 heavy (non-hydrogen) atoms. The maximum absolute atomic E-state index is 11.8. The van der Waals surface area contributed by atoms with Crippen molar-refractivity contribution in [1.82, 2.24) is 4.90 Å². The first-order valence-electron chi connectivity index (χ1n) is 5.94. The number of rotatable bonds is 2. The molecule has 4 nitrogen and oxygen atoms in total. The highest BCUT2D eigenvalue weighted by molar-refractivity contribution is 6.21. The Hall–Kier alpha value is -1.26. The highest BCUT2D eigenvalue weighted by Gasteiger charge is 2.29. The van der Waals surface area contributed by atoms with Crippen LogP contribution < -0.4 is 0 Å². The highest BCUT2D eigenvalue weighted by atomic mass is 35.5. The minimum atomic E-state index is -0.676. The Morgan fingerprint density at radius 3 is 2.83 bits per heavy atom. The fourth-order valence-corrected chi connectivity index (χ4v) is 2.06. The number of ether oxygens (including phenoxy) is 1. The predicted octanol–water partition coefficient (Wildman–Crippen LogP) is 2.00. The Morgan fingerprint density at radius 1 is 1.44 bits per heavy atom. The third-order valence-electron chi connectivity index (χ3n) is 2.96. The van der Waals surface area contributed by atoms with Crippen molar-refractivity contribution >= 4 is 17.7 Å². The van der Waals surface area contributed by atoms with E-state index in [1.54, 1.807) is 0 Å². The molecule has 1 aromatic carbocycles. The van der Waals surface area contributed by atoms with Gasteiger partial charge in [-0.05, 0) is 12.0 Å². The second-order valence-electron chi connectivity index (χ2n) is 4.36. The molecule has 0 saturated carbocycles. The molecule has 98 valence electrons. The number of alkyl halides is 1. The van der Waals surface area contributed by atoms with Crippen molar-refractivity contribution in [2.24, 2.45) is 0 Å². The van der Waals surface area contributed by atoms with Crippen LogP contribution in [0.3, 0.4) is 0 Å². The number of aliphatic hydroxyl groups excluding tert-OH is 1. The molecule has 0 unspecified atom stereocenters. The number of carbonyl (C=O) groups excluding carboxylic acids is 1. The topological polar surface area (TPSA) is 49.8 Å². The summed E-state index contributed by atoms with van der Waals surface area (Å²) in [5.41, 5.74) is 0.943. The Morgan fingerprint density at radius 2 is 2.17 bits per heavy atom. The zero-order valence-corrected chi connectivity index (χ0v) is 10.7. The molecule has 1 aliphatic heterocycles. The summed E-state index contributed by atoms with van der Waals surface area (Å²) in [6.45, 7) is 1.01. The molecule has 1 fully saturated rings. The van der Waals surface area contributed by atoms with Crippen molar-refractivity contribution in [3.63, 3.8) is 0 Å². The van der Waals surface area contributed by atoms with E-state index in [-0.39, 0.29) is 18.5 Å². The van der Waals surface area contributed by atoms with Crippen molar-refractivity contribution in [2.75, 3.05) is 13.1 Å². The molecular formula is C13H16ClNO3. The number of halogens is 1. The van der Waals surface area contributed by atoms with Gasteiger partial charge in [0.2, 0.25) is 0 Å². The number of nitrogens with zero attached hydrogens (tertiary/aromatic N) is 1. The van der Waals surface area contributed by atoms with E-state index in [1.165, 1.54) is 4.90 Å². The fraction of sp³-hybridized carbons (Fsp3) is 0.462. The largest absolute Gasteiger partial charge is 0.445 e. The zero-order chi connectivity index (χ0) is 13.0. The average molecular weight is 270 g/mol. The number of benzene rings is 1. The molecule has 5 heteroatoms. The first-order chi connectivity index (χ1) is 8.66. The number of carbonyl (C=O) groups is 1. The van der Waals surface area contributed by atoms with Crippen LogP contribution in [-0.2, 0) is 11.3 Å². The van der Waals surface area contributed by atoms with Crippen LogP contribution in [0.15, 0.2) is 30.3 Å². The lowest BCUT2D eigenvalue weighted by Gasteiger charge is -2.32. The maximum atomic E-state index is 11.8. The number of β-amino-alcohol motifs (C(OH)–C–C–N with tert-alkyl or cyclic N) is 1. The number of amides is 1. The van der Waals surface area contributed by atoms with Gasteiger partial charge < -0.3 is 14.7 Å². The summed E-state index contributed by atoms with van der Waals surface area (Å²) in [5.74, 6) is 0. The van der Waals surface area contributed by atoms with Crippen LogP contribution in [0.25, 0.3) is 0 Å². The Labute approximate surface area is 111 Å². The summed E-state index contributed by atoms with van der Waals surface area (Å²) < 4.78 is 5.18. The van der Waals surface area contributed by atoms with Crippen molar-refractivity contribution < 1.29 is 14.6 Å². The van der Waals surface area contributed by atoms with E-state index in [2.05, 4.69) is 0 Å². The first kappa shape index (κ1) is 13.2. The molecular weight excluding hydrogens is 254 g/mol. The molecule has 1 aliphatic rings. The first-order valence-corrected chi connectivity index (χ1v) is 6.38. The van der Waals surface area contributed by atoms with Gasteiger partial charge in [-0.2, -0.15) is 0 Å². The van der Waals surface area contributed by atoms with Gasteiger partial charge in [0.25, 0.3) is 0 Å². The standard InChI is InChI=1S/C13H16ClNO3/c14-11-6-7-15(8-12(11)16)13(17)18-9-10-4-2-1-3-5-10/h1-5,11-12,16H,6-9H2/t11-,12-/m0/s1. The molecule has 2 atom stereocenters. The number of piperidine rings is 1. The molecule has 1 saturated heterocycles. The van der Waals surface area contributed by atoms with Crippen LogP contribution in [0, 0.1) is 0 Å². The summed E-state index contributed by atoms with van der Waals surface area (Å²) in [5, 5.41) is 9.33. The van der Waals surface area contributed by atoms with E-state index >= 15 is 0 Å². The Bertz CT molecular complexity index is 398. The van der Waals surface area contributed by atoms with Crippen LogP contribution in [-0.4, -0.2) is 40.7 Å². The van der Waals surface area contributed by atoms with Crippen LogP contribution in [0.5, 0.6) is 0 Å². The summed E-state index contributed by atoms with van der Waals surface area (Å²) in [4.78, 5) is 13.3. The second-order valence-corrected chi connectivity index (χ2v) is 4.92. The monoisotopic (exact) mass is 269 g/mol. The van der Waals surface area contributed by atoms with Gasteiger partial charge in [0, 0.05) is 6.54 Å². The van der Waals surface area contributed by atoms with Crippen LogP contribution in [0.2, 0.25) is 0 Å². The lowest BCUT2D eigenvalue weighted by atomic mass is 10.1. The van der Waals surface area contributed by atoms with Gasteiger partial charge in [0.1, 0.15) is 6.61 Å². The smallest absolute Gasteiger partial charge is 0.410 e. The van der Waals surface area contributed by atoms with E-state index in [9.17, 15) is 9.90 Å². The lowest BCUT2D eigenvalue weighted by Crippen LogP contribution is -2.47. The van der Waals surface area contributed by atoms with E-state index in [0.717, 1.165) is 5.56 Å². The van der Waals surface area contributed by atoms with Gasteiger partial charge in [0.05, 0.1) is 18.0 Å². The van der Waals surface area contributed by atoms with Crippen LogP contribution in [0.4, 0.5) is 4.79 Å². The number of hydrogen-bond acceptors (Lipinski definition) is 3. The molecule has 0 radical (unpaired) electrons. The number of hydrogen-bond donors (Lipinski definition) is 1. The lowest BCUT2D eigenvalue weighted by molar-refractivity contribution is 0.0482. The minimum absolute atomic E-state index is 0.238. The minimum Gasteiger partial charge on any atom is -0.445 e. The third-order valence-corrected chi connectivity index (χ3v) is 3.47. The molecule has 0 aliphatic carbocycles. The molecule has 2 rings (SSSR count). The van der Waals surface area contributed by atoms with E-state index in [4.69, 9.17) is 16.3 Å². The highest BCUT2D eigenvalue weighted by Crippen LogP contribution is 2.17.